The quantitative estimate of drug-likeness (QED) is 0.767. The molecule has 0 spiro atoms. The lowest BCUT2D eigenvalue weighted by atomic mass is 9.84. The Morgan fingerprint density at radius 2 is 2.10 bits per heavy atom. The van der Waals surface area contributed by atoms with Crippen molar-refractivity contribution in [3.63, 3.8) is 0 Å². The van der Waals surface area contributed by atoms with E-state index < -0.39 is 0 Å². The van der Waals surface area contributed by atoms with Crippen molar-refractivity contribution < 1.29 is 5.11 Å². The molecule has 2 heterocycles. The van der Waals surface area contributed by atoms with Crippen LogP contribution in [0.1, 0.15) is 39.0 Å². The van der Waals surface area contributed by atoms with Gasteiger partial charge in [0, 0.05) is 18.1 Å². The van der Waals surface area contributed by atoms with Crippen LogP contribution in [0.2, 0.25) is 0 Å². The first-order valence-corrected chi connectivity index (χ1v) is 8.30. The minimum absolute atomic E-state index is 0.108. The van der Waals surface area contributed by atoms with E-state index >= 15 is 0 Å². The monoisotopic (exact) mass is 283 g/mol. The fourth-order valence-electron chi connectivity index (χ4n) is 3.91. The van der Waals surface area contributed by atoms with E-state index in [0.29, 0.717) is 0 Å². The molecule has 4 heteroatoms. The minimum atomic E-state index is -0.108. The first-order valence-electron chi connectivity index (χ1n) is 8.30. The number of hydrogen-bond donors (Lipinski definition) is 2. The highest BCUT2D eigenvalue weighted by molar-refractivity contribution is 4.89. The second-order valence-electron chi connectivity index (χ2n) is 7.11. The maximum Gasteiger partial charge on any atom is 0.0610 e. The molecule has 0 aliphatic carbocycles. The minimum Gasteiger partial charge on any atom is -0.394 e. The molecule has 0 saturated carbocycles. The molecule has 2 rings (SSSR count). The van der Waals surface area contributed by atoms with E-state index in [4.69, 9.17) is 0 Å². The third-order valence-electron chi connectivity index (χ3n) is 5.59. The molecule has 0 aromatic rings. The summed E-state index contributed by atoms with van der Waals surface area (Å²) >= 11 is 0. The molecular weight excluding hydrogens is 250 g/mol. The van der Waals surface area contributed by atoms with Gasteiger partial charge >= 0.3 is 0 Å². The van der Waals surface area contributed by atoms with Gasteiger partial charge in [-0.15, -0.1) is 0 Å². The van der Waals surface area contributed by atoms with E-state index in [2.05, 4.69) is 29.1 Å². The van der Waals surface area contributed by atoms with Gasteiger partial charge in [-0.25, -0.2) is 0 Å². The number of nitrogens with one attached hydrogen (secondary N) is 1. The molecular formula is C16H33N3O. The number of aliphatic hydroxyl groups excluding tert-OH is 1. The van der Waals surface area contributed by atoms with Gasteiger partial charge in [0.05, 0.1) is 6.61 Å². The van der Waals surface area contributed by atoms with Crippen LogP contribution >= 0.6 is 0 Å². The van der Waals surface area contributed by atoms with E-state index in [0.717, 1.165) is 18.4 Å². The van der Waals surface area contributed by atoms with E-state index in [-0.39, 0.29) is 12.1 Å². The molecule has 3 unspecified atom stereocenters. The SMILES string of the molecule is CNC(C)(CO)CCCN1CCC2C(CCCN2C)C1. The Bertz CT molecular complexity index is 293. The highest BCUT2D eigenvalue weighted by Crippen LogP contribution is 2.29. The van der Waals surface area contributed by atoms with Crippen LogP contribution in [0.15, 0.2) is 0 Å². The van der Waals surface area contributed by atoms with Crippen LogP contribution in [0.3, 0.4) is 0 Å². The lowest BCUT2D eigenvalue weighted by Crippen LogP contribution is -2.53. The summed E-state index contributed by atoms with van der Waals surface area (Å²) in [6, 6.07) is 0.833. The summed E-state index contributed by atoms with van der Waals surface area (Å²) in [6.45, 7) is 7.34. The number of aliphatic hydroxyl groups is 1. The first kappa shape index (κ1) is 16.2. The summed E-state index contributed by atoms with van der Waals surface area (Å²) in [5.41, 5.74) is -0.108. The zero-order valence-corrected chi connectivity index (χ0v) is 13.6. The van der Waals surface area contributed by atoms with Crippen molar-refractivity contribution in [1.82, 2.24) is 15.1 Å². The summed E-state index contributed by atoms with van der Waals surface area (Å²) in [5, 5.41) is 12.7. The third kappa shape index (κ3) is 3.94. The van der Waals surface area contributed by atoms with Crippen molar-refractivity contribution in [3.8, 4) is 0 Å². The average Bonchev–Trinajstić information content (AvgIpc) is 2.47. The van der Waals surface area contributed by atoms with Gasteiger partial charge in [-0.2, -0.15) is 0 Å². The smallest absolute Gasteiger partial charge is 0.0610 e. The van der Waals surface area contributed by atoms with Gasteiger partial charge in [-0.3, -0.25) is 0 Å². The van der Waals surface area contributed by atoms with Crippen molar-refractivity contribution in [2.75, 3.05) is 46.9 Å². The van der Waals surface area contributed by atoms with Crippen LogP contribution in [-0.2, 0) is 0 Å². The van der Waals surface area contributed by atoms with Crippen LogP contribution in [0.5, 0.6) is 0 Å². The summed E-state index contributed by atoms with van der Waals surface area (Å²) in [4.78, 5) is 5.23. The standard InChI is InChI=1S/C16H33N3O/c1-16(13-20,17-2)8-5-10-19-11-7-15-14(12-19)6-4-9-18(15)3/h14-15,17,20H,4-13H2,1-3H3. The molecule has 2 fully saturated rings. The van der Waals surface area contributed by atoms with Crippen LogP contribution in [-0.4, -0.2) is 73.4 Å². The van der Waals surface area contributed by atoms with Crippen LogP contribution < -0.4 is 5.32 Å². The molecule has 118 valence electrons. The highest BCUT2D eigenvalue weighted by atomic mass is 16.3. The zero-order chi connectivity index (χ0) is 14.6. The van der Waals surface area contributed by atoms with Gasteiger partial charge in [0.15, 0.2) is 0 Å². The van der Waals surface area contributed by atoms with E-state index in [1.54, 1.807) is 0 Å². The highest BCUT2D eigenvalue weighted by Gasteiger charge is 2.34. The molecule has 4 nitrogen and oxygen atoms in total. The number of likely N-dealkylation sites (N-methyl/N-ethyl adjacent to an activating group) is 1. The van der Waals surface area contributed by atoms with Gasteiger partial charge in [0.25, 0.3) is 0 Å². The first-order chi connectivity index (χ1) is 9.58. The Morgan fingerprint density at radius 3 is 2.80 bits per heavy atom. The van der Waals surface area contributed by atoms with Gasteiger partial charge < -0.3 is 20.2 Å². The predicted molar refractivity (Wildman–Crippen MR) is 84.0 cm³/mol. The van der Waals surface area contributed by atoms with Gasteiger partial charge in [0.2, 0.25) is 0 Å². The summed E-state index contributed by atoms with van der Waals surface area (Å²) in [5.74, 6) is 0.885. The predicted octanol–water partition coefficient (Wildman–Crippen LogP) is 1.15. The second-order valence-corrected chi connectivity index (χ2v) is 7.11. The van der Waals surface area contributed by atoms with E-state index in [9.17, 15) is 5.11 Å². The summed E-state index contributed by atoms with van der Waals surface area (Å²) in [7, 11) is 4.24. The van der Waals surface area contributed by atoms with Crippen molar-refractivity contribution in [2.24, 2.45) is 5.92 Å². The van der Waals surface area contributed by atoms with Crippen LogP contribution in [0.4, 0.5) is 0 Å². The normalized spacial score (nSPS) is 31.8. The largest absolute Gasteiger partial charge is 0.394 e. The Hall–Kier alpha value is -0.160. The average molecular weight is 283 g/mol. The molecule has 2 aliphatic heterocycles. The Kier molecular flexibility index (Phi) is 5.84. The van der Waals surface area contributed by atoms with Gasteiger partial charge in [-0.05, 0) is 78.7 Å². The molecule has 2 saturated heterocycles. The van der Waals surface area contributed by atoms with E-state index in [1.165, 1.54) is 51.9 Å². The summed E-state index contributed by atoms with van der Waals surface area (Å²) < 4.78 is 0. The Balaban J connectivity index is 1.73. The lowest BCUT2D eigenvalue weighted by Gasteiger charge is -2.46. The fraction of sp³-hybridized carbons (Fsp3) is 1.00. The van der Waals surface area contributed by atoms with Gasteiger partial charge in [-0.1, -0.05) is 0 Å². The third-order valence-corrected chi connectivity index (χ3v) is 5.59. The lowest BCUT2D eigenvalue weighted by molar-refractivity contribution is 0.0367. The Morgan fingerprint density at radius 1 is 1.30 bits per heavy atom. The number of hydrogen-bond acceptors (Lipinski definition) is 4. The molecule has 2 N–H and O–H groups in total. The maximum absolute atomic E-state index is 9.42. The summed E-state index contributed by atoms with van der Waals surface area (Å²) in [6.07, 6.45) is 6.34. The maximum atomic E-state index is 9.42. The molecule has 0 aromatic heterocycles. The molecule has 0 amide bonds. The molecule has 3 atom stereocenters. The van der Waals surface area contributed by atoms with Crippen molar-refractivity contribution in [3.05, 3.63) is 0 Å². The second kappa shape index (κ2) is 7.21. The van der Waals surface area contributed by atoms with E-state index in [1.807, 2.05) is 7.05 Å². The number of likely N-dealkylation sites (tertiary alicyclic amines) is 2. The Labute approximate surface area is 124 Å². The zero-order valence-electron chi connectivity index (χ0n) is 13.6. The van der Waals surface area contributed by atoms with Crippen molar-refractivity contribution in [1.29, 1.82) is 0 Å². The fourth-order valence-corrected chi connectivity index (χ4v) is 3.91. The number of nitrogens with zero attached hydrogens (tertiary/aromatic N) is 2. The molecule has 0 aromatic carbocycles. The molecule has 0 bridgehead atoms. The van der Waals surface area contributed by atoms with Crippen molar-refractivity contribution in [2.45, 2.75) is 50.6 Å². The topological polar surface area (TPSA) is 38.7 Å². The molecule has 2 aliphatic rings. The van der Waals surface area contributed by atoms with Crippen molar-refractivity contribution >= 4 is 0 Å². The molecule has 20 heavy (non-hydrogen) atoms. The van der Waals surface area contributed by atoms with Crippen LogP contribution in [0.25, 0.3) is 0 Å². The number of piperidine rings is 2. The van der Waals surface area contributed by atoms with Gasteiger partial charge in [0.1, 0.15) is 0 Å². The van der Waals surface area contributed by atoms with Crippen LogP contribution in [0, 0.1) is 5.92 Å². The number of fused-ring (bicyclic) bond motifs is 1. The molecule has 0 radical (unpaired) electrons. The number of rotatable bonds is 6.